The quantitative estimate of drug-likeness (QED) is 0.462. The molecule has 1 heterocycles. The molecule has 3 aromatic carbocycles. The molecular formula is C25H18FN3O. The smallest absolute Gasteiger partial charge is 0.320 e. The molecule has 1 aromatic heterocycles. The summed E-state index contributed by atoms with van der Waals surface area (Å²) in [4.78, 5) is 17.3. The molecule has 4 nitrogen and oxygen atoms in total. The first-order valence-electron chi connectivity index (χ1n) is 9.67. The van der Waals surface area contributed by atoms with Crippen molar-refractivity contribution in [2.24, 2.45) is 0 Å². The highest BCUT2D eigenvalue weighted by Gasteiger charge is 2.29. The molecule has 0 bridgehead atoms. The molecule has 0 spiro atoms. The summed E-state index contributed by atoms with van der Waals surface area (Å²) in [6.07, 6.45) is 1.64. The van der Waals surface area contributed by atoms with Crippen molar-refractivity contribution in [2.45, 2.75) is 6.04 Å². The highest BCUT2D eigenvalue weighted by atomic mass is 19.1. The molecule has 146 valence electrons. The Morgan fingerprint density at radius 1 is 0.800 bits per heavy atom. The van der Waals surface area contributed by atoms with Gasteiger partial charge in [0.05, 0.1) is 17.4 Å². The molecule has 0 aliphatic heterocycles. The van der Waals surface area contributed by atoms with Crippen LogP contribution in [0.15, 0.2) is 91.1 Å². The number of nitrogens with zero attached hydrogens (tertiary/aromatic N) is 1. The second-order valence-electron chi connectivity index (χ2n) is 7.11. The van der Waals surface area contributed by atoms with Gasteiger partial charge < -0.3 is 10.6 Å². The number of rotatable bonds is 3. The summed E-state index contributed by atoms with van der Waals surface area (Å²) in [5, 5.41) is 6.00. The molecule has 0 fully saturated rings. The largest absolute Gasteiger partial charge is 0.327 e. The topological polar surface area (TPSA) is 54.0 Å². The number of urea groups is 1. The number of hydrogen-bond acceptors (Lipinski definition) is 2. The zero-order valence-electron chi connectivity index (χ0n) is 16.0. The molecule has 4 aromatic rings. The van der Waals surface area contributed by atoms with Gasteiger partial charge in [0, 0.05) is 11.8 Å². The van der Waals surface area contributed by atoms with Gasteiger partial charge in [0.1, 0.15) is 5.82 Å². The van der Waals surface area contributed by atoms with Gasteiger partial charge in [-0.3, -0.25) is 4.98 Å². The van der Waals surface area contributed by atoms with E-state index in [1.165, 1.54) is 12.1 Å². The summed E-state index contributed by atoms with van der Waals surface area (Å²) in [5.41, 5.74) is 6.26. The summed E-state index contributed by atoms with van der Waals surface area (Å²) in [6.45, 7) is 0. The van der Waals surface area contributed by atoms with E-state index in [1.54, 1.807) is 30.5 Å². The van der Waals surface area contributed by atoms with Gasteiger partial charge in [-0.25, -0.2) is 9.18 Å². The fourth-order valence-electron chi connectivity index (χ4n) is 3.94. The first kappa shape index (κ1) is 18.1. The van der Waals surface area contributed by atoms with Crippen molar-refractivity contribution in [3.8, 4) is 22.4 Å². The Kier molecular flexibility index (Phi) is 4.48. The number of carbonyl (C=O) groups is 1. The molecule has 30 heavy (non-hydrogen) atoms. The second kappa shape index (κ2) is 7.44. The number of carbonyl (C=O) groups excluding carboxylic acids is 1. The average molecular weight is 395 g/mol. The summed E-state index contributed by atoms with van der Waals surface area (Å²) in [6, 6.07) is 25.2. The Labute approximate surface area is 173 Å². The number of aromatic nitrogens is 1. The standard InChI is InChI=1S/C25H18FN3O/c26-17-13-11-16(12-14-17)23-22(10-5-15-27-23)28-25(30)29-24-20-8-3-1-6-18(20)19-7-2-4-9-21(19)24/h1-15,24H,(H2,28,29,30). The zero-order valence-corrected chi connectivity index (χ0v) is 16.0. The minimum absolute atomic E-state index is 0.233. The molecule has 0 radical (unpaired) electrons. The molecule has 2 N–H and O–H groups in total. The minimum atomic E-state index is -0.331. The van der Waals surface area contributed by atoms with Crippen molar-refractivity contribution in [1.82, 2.24) is 10.3 Å². The number of anilines is 1. The Morgan fingerprint density at radius 2 is 1.43 bits per heavy atom. The normalized spacial score (nSPS) is 12.2. The molecule has 0 atom stereocenters. The molecule has 0 unspecified atom stereocenters. The Morgan fingerprint density at radius 3 is 2.10 bits per heavy atom. The van der Waals surface area contributed by atoms with Gasteiger partial charge in [0.25, 0.3) is 0 Å². The number of halogens is 1. The third-order valence-corrected chi connectivity index (χ3v) is 5.28. The van der Waals surface area contributed by atoms with Crippen LogP contribution in [0.25, 0.3) is 22.4 Å². The van der Waals surface area contributed by atoms with Crippen LogP contribution >= 0.6 is 0 Å². The fraction of sp³-hybridized carbons (Fsp3) is 0.0400. The van der Waals surface area contributed by atoms with E-state index in [2.05, 4.69) is 27.8 Å². The van der Waals surface area contributed by atoms with Crippen LogP contribution in [0.5, 0.6) is 0 Å². The van der Waals surface area contributed by atoms with E-state index in [-0.39, 0.29) is 17.9 Å². The summed E-state index contributed by atoms with van der Waals surface area (Å²) >= 11 is 0. The first-order valence-corrected chi connectivity index (χ1v) is 9.67. The predicted molar refractivity (Wildman–Crippen MR) is 116 cm³/mol. The molecule has 1 aliphatic carbocycles. The summed E-state index contributed by atoms with van der Waals surface area (Å²) in [5.74, 6) is -0.319. The lowest BCUT2D eigenvalue weighted by Crippen LogP contribution is -2.32. The van der Waals surface area contributed by atoms with Gasteiger partial charge in [0.2, 0.25) is 0 Å². The zero-order chi connectivity index (χ0) is 20.5. The van der Waals surface area contributed by atoms with E-state index in [0.29, 0.717) is 11.4 Å². The SMILES string of the molecule is O=C(Nc1cccnc1-c1ccc(F)cc1)NC1c2ccccc2-c2ccccc21. The lowest BCUT2D eigenvalue weighted by atomic mass is 10.1. The number of hydrogen-bond donors (Lipinski definition) is 2. The van der Waals surface area contributed by atoms with Crippen molar-refractivity contribution < 1.29 is 9.18 Å². The summed E-state index contributed by atoms with van der Waals surface area (Å²) < 4.78 is 13.3. The third-order valence-electron chi connectivity index (χ3n) is 5.28. The van der Waals surface area contributed by atoms with Gasteiger partial charge >= 0.3 is 6.03 Å². The van der Waals surface area contributed by atoms with Gasteiger partial charge in [-0.15, -0.1) is 0 Å². The average Bonchev–Trinajstić information content (AvgIpc) is 3.09. The van der Waals surface area contributed by atoms with Crippen LogP contribution < -0.4 is 10.6 Å². The van der Waals surface area contributed by atoms with Gasteiger partial charge in [-0.2, -0.15) is 0 Å². The Hall–Kier alpha value is -3.99. The van der Waals surface area contributed by atoms with Crippen LogP contribution in [0.2, 0.25) is 0 Å². The second-order valence-corrected chi connectivity index (χ2v) is 7.11. The van der Waals surface area contributed by atoms with Crippen LogP contribution in [0.3, 0.4) is 0 Å². The minimum Gasteiger partial charge on any atom is -0.327 e. The molecule has 0 saturated heterocycles. The maximum atomic E-state index is 13.3. The van der Waals surface area contributed by atoms with Crippen molar-refractivity contribution in [3.05, 3.63) is 108 Å². The third kappa shape index (κ3) is 3.20. The summed E-state index contributed by atoms with van der Waals surface area (Å²) in [7, 11) is 0. The molecule has 0 saturated carbocycles. The van der Waals surface area contributed by atoms with E-state index in [0.717, 1.165) is 27.8 Å². The fourth-order valence-corrected chi connectivity index (χ4v) is 3.94. The van der Waals surface area contributed by atoms with Crippen LogP contribution in [0, 0.1) is 5.82 Å². The van der Waals surface area contributed by atoms with Gasteiger partial charge in [0.15, 0.2) is 0 Å². The highest BCUT2D eigenvalue weighted by Crippen LogP contribution is 2.43. The highest BCUT2D eigenvalue weighted by molar-refractivity contribution is 5.94. The monoisotopic (exact) mass is 395 g/mol. The van der Waals surface area contributed by atoms with Crippen molar-refractivity contribution in [2.75, 3.05) is 5.32 Å². The molecule has 2 amide bonds. The van der Waals surface area contributed by atoms with E-state index < -0.39 is 0 Å². The predicted octanol–water partition coefficient (Wildman–Crippen LogP) is 5.78. The molecule has 5 rings (SSSR count). The molecule has 5 heteroatoms. The number of benzene rings is 3. The number of amides is 2. The van der Waals surface area contributed by atoms with Crippen LogP contribution in [-0.2, 0) is 0 Å². The number of nitrogens with one attached hydrogen (secondary N) is 2. The Balaban J connectivity index is 1.42. The van der Waals surface area contributed by atoms with E-state index >= 15 is 0 Å². The molecule has 1 aliphatic rings. The lowest BCUT2D eigenvalue weighted by molar-refractivity contribution is 0.250. The van der Waals surface area contributed by atoms with E-state index in [1.807, 2.05) is 36.4 Å². The van der Waals surface area contributed by atoms with E-state index in [9.17, 15) is 9.18 Å². The number of pyridine rings is 1. The van der Waals surface area contributed by atoms with Crippen molar-refractivity contribution in [1.29, 1.82) is 0 Å². The van der Waals surface area contributed by atoms with Gasteiger partial charge in [-0.05, 0) is 58.7 Å². The maximum Gasteiger partial charge on any atom is 0.320 e. The first-order chi connectivity index (χ1) is 14.7. The van der Waals surface area contributed by atoms with Crippen molar-refractivity contribution in [3.63, 3.8) is 0 Å². The maximum absolute atomic E-state index is 13.3. The molecular weight excluding hydrogens is 377 g/mol. The van der Waals surface area contributed by atoms with Crippen LogP contribution in [0.4, 0.5) is 14.9 Å². The lowest BCUT2D eigenvalue weighted by Gasteiger charge is -2.17. The Bertz CT molecular complexity index is 1190. The van der Waals surface area contributed by atoms with Crippen LogP contribution in [0.1, 0.15) is 17.2 Å². The number of fused-ring (bicyclic) bond motifs is 3. The van der Waals surface area contributed by atoms with Crippen molar-refractivity contribution >= 4 is 11.7 Å². The van der Waals surface area contributed by atoms with Crippen LogP contribution in [-0.4, -0.2) is 11.0 Å². The van der Waals surface area contributed by atoms with Gasteiger partial charge in [-0.1, -0.05) is 48.5 Å². The van der Waals surface area contributed by atoms with E-state index in [4.69, 9.17) is 0 Å².